The van der Waals surface area contributed by atoms with Gasteiger partial charge in [0.1, 0.15) is 5.75 Å². The van der Waals surface area contributed by atoms with Gasteiger partial charge in [0.15, 0.2) is 11.6 Å². The van der Waals surface area contributed by atoms with Gasteiger partial charge in [-0.25, -0.2) is 0 Å². The van der Waals surface area contributed by atoms with Gasteiger partial charge >= 0.3 is 0 Å². The normalized spacial score (nSPS) is 22.1. The fraction of sp³-hybridized carbons (Fsp3) is 0.429. The third kappa shape index (κ3) is 3.97. The summed E-state index contributed by atoms with van der Waals surface area (Å²) in [5, 5.41) is 5.72. The molecule has 0 amide bonds. The third-order valence-corrected chi connectivity index (χ3v) is 8.04. The maximum absolute atomic E-state index is 13.4. The van der Waals surface area contributed by atoms with E-state index in [1.165, 1.54) is 0 Å². The summed E-state index contributed by atoms with van der Waals surface area (Å²) in [6, 6.07) is 10.2. The second-order valence-electron chi connectivity index (χ2n) is 11.2. The zero-order valence-electron chi connectivity index (χ0n) is 20.0. The summed E-state index contributed by atoms with van der Waals surface area (Å²) in [6.07, 6.45) is 2.69. The van der Waals surface area contributed by atoms with Crippen molar-refractivity contribution in [2.45, 2.75) is 59.3 Å². The molecule has 1 N–H and O–H groups in total. The summed E-state index contributed by atoms with van der Waals surface area (Å²) in [7, 11) is 1.66. The highest BCUT2D eigenvalue weighted by Crippen LogP contribution is 2.52. The molecule has 3 aliphatic rings. The van der Waals surface area contributed by atoms with E-state index in [1.54, 1.807) is 18.4 Å². The van der Waals surface area contributed by atoms with Gasteiger partial charge in [-0.1, -0.05) is 39.8 Å². The predicted octanol–water partition coefficient (Wildman–Crippen LogP) is 6.40. The van der Waals surface area contributed by atoms with E-state index in [9.17, 15) is 9.59 Å². The molecule has 1 aromatic carbocycles. The van der Waals surface area contributed by atoms with Crippen LogP contribution >= 0.6 is 11.3 Å². The molecule has 0 unspecified atom stereocenters. The Kier molecular flexibility index (Phi) is 5.16. The van der Waals surface area contributed by atoms with Crippen molar-refractivity contribution in [2.24, 2.45) is 10.8 Å². The quantitative estimate of drug-likeness (QED) is 0.575. The molecule has 2 aliphatic carbocycles. The van der Waals surface area contributed by atoms with E-state index in [2.05, 4.69) is 44.5 Å². The molecular formula is C28H31NO3S. The summed E-state index contributed by atoms with van der Waals surface area (Å²) in [5.41, 5.74) is 5.70. The van der Waals surface area contributed by atoms with Crippen LogP contribution in [0.2, 0.25) is 0 Å². The molecule has 0 saturated heterocycles. The fourth-order valence-corrected chi connectivity index (χ4v) is 6.65. The van der Waals surface area contributed by atoms with Gasteiger partial charge in [-0.15, -0.1) is 11.3 Å². The number of ether oxygens (including phenoxy) is 1. The van der Waals surface area contributed by atoms with Crippen molar-refractivity contribution >= 4 is 22.9 Å². The second kappa shape index (κ2) is 7.69. The smallest absolute Gasteiger partial charge is 0.162 e. The van der Waals surface area contributed by atoms with Gasteiger partial charge in [-0.2, -0.15) is 0 Å². The van der Waals surface area contributed by atoms with Crippen LogP contribution in [-0.2, 0) is 9.59 Å². The molecule has 0 saturated carbocycles. The summed E-state index contributed by atoms with van der Waals surface area (Å²) < 4.78 is 5.29. The Bertz CT molecular complexity index is 1160. The molecule has 0 bridgehead atoms. The lowest BCUT2D eigenvalue weighted by atomic mass is 9.65. The number of methoxy groups -OCH3 is 1. The van der Waals surface area contributed by atoms with E-state index in [-0.39, 0.29) is 28.3 Å². The van der Waals surface area contributed by atoms with Crippen molar-refractivity contribution in [3.05, 3.63) is 63.1 Å². The molecule has 33 heavy (non-hydrogen) atoms. The van der Waals surface area contributed by atoms with Crippen molar-refractivity contribution in [2.75, 3.05) is 7.11 Å². The molecule has 1 aromatic heterocycles. The number of dihydropyridines is 1. The summed E-state index contributed by atoms with van der Waals surface area (Å²) in [4.78, 5) is 28.0. The van der Waals surface area contributed by atoms with Crippen molar-refractivity contribution < 1.29 is 14.3 Å². The number of allylic oxidation sites excluding steroid dienone is 4. The summed E-state index contributed by atoms with van der Waals surface area (Å²) in [5.74, 6) is 0.896. The topological polar surface area (TPSA) is 55.4 Å². The lowest BCUT2D eigenvalue weighted by Gasteiger charge is -2.43. The lowest BCUT2D eigenvalue weighted by molar-refractivity contribution is -0.119. The van der Waals surface area contributed by atoms with Crippen LogP contribution in [0, 0.1) is 10.8 Å². The number of thiophene rings is 1. The van der Waals surface area contributed by atoms with Gasteiger partial charge in [-0.05, 0) is 58.4 Å². The number of carbonyl (C=O) groups is 2. The highest BCUT2D eigenvalue weighted by atomic mass is 32.1. The second-order valence-corrected chi connectivity index (χ2v) is 12.1. The minimum atomic E-state index is -0.263. The Hall–Kier alpha value is -2.66. The van der Waals surface area contributed by atoms with Crippen LogP contribution in [-0.4, -0.2) is 18.7 Å². The van der Waals surface area contributed by atoms with Crippen LogP contribution in [0.5, 0.6) is 5.75 Å². The first-order valence-electron chi connectivity index (χ1n) is 11.6. The molecule has 1 aliphatic heterocycles. The highest BCUT2D eigenvalue weighted by Gasteiger charge is 2.46. The van der Waals surface area contributed by atoms with Crippen LogP contribution in [0.3, 0.4) is 0 Å². The van der Waals surface area contributed by atoms with Crippen LogP contribution in [0.4, 0.5) is 0 Å². The number of Topliss-reactive ketones (excluding diaryl/α,β-unsaturated/α-hetero) is 2. The number of nitrogens with one attached hydrogen (secondary N) is 1. The first-order valence-corrected chi connectivity index (χ1v) is 12.5. The van der Waals surface area contributed by atoms with Gasteiger partial charge in [0.2, 0.25) is 0 Å². The number of hydrogen-bond acceptors (Lipinski definition) is 5. The number of carbonyl (C=O) groups excluding carboxylic acids is 2. The Morgan fingerprint density at radius 1 is 0.848 bits per heavy atom. The highest BCUT2D eigenvalue weighted by molar-refractivity contribution is 7.10. The van der Waals surface area contributed by atoms with Gasteiger partial charge in [0.05, 0.1) is 13.0 Å². The molecule has 0 fully saturated rings. The van der Waals surface area contributed by atoms with Crippen LogP contribution in [0.25, 0.3) is 11.1 Å². The third-order valence-electron chi connectivity index (χ3n) is 7.05. The van der Waals surface area contributed by atoms with Crippen molar-refractivity contribution in [3.63, 3.8) is 0 Å². The van der Waals surface area contributed by atoms with Crippen LogP contribution in [0.1, 0.15) is 64.2 Å². The van der Waals surface area contributed by atoms with E-state index in [4.69, 9.17) is 4.74 Å². The fourth-order valence-electron chi connectivity index (χ4n) is 5.61. The molecule has 5 heteroatoms. The lowest BCUT2D eigenvalue weighted by Crippen LogP contribution is -2.42. The number of hydrogen-bond donors (Lipinski definition) is 1. The first kappa shape index (κ1) is 22.1. The number of ketones is 2. The Labute approximate surface area is 199 Å². The van der Waals surface area contributed by atoms with E-state index < -0.39 is 0 Å². The standard InChI is InChI=1S/C28H31NO3S/c1-27(2)11-19-24(21(30)13-27)26(25-20(29-19)12-28(3,4)14-22(25)31)23-10-17(15-33-23)16-6-8-18(32-5)9-7-16/h6-10,15,26,29H,11-14H2,1-5H3. The van der Waals surface area contributed by atoms with E-state index in [1.807, 2.05) is 24.3 Å². The SMILES string of the molecule is COc1ccc(-c2csc(C3C4=C(CC(C)(C)CC4=O)NC4=C3C(=O)CC(C)(C)C4)c2)cc1. The molecule has 2 aromatic rings. The first-order chi connectivity index (χ1) is 15.6. The molecule has 4 nitrogen and oxygen atoms in total. The Morgan fingerprint density at radius 3 is 1.91 bits per heavy atom. The molecule has 2 heterocycles. The summed E-state index contributed by atoms with van der Waals surface area (Å²) in [6.45, 7) is 8.60. The molecule has 0 radical (unpaired) electrons. The van der Waals surface area contributed by atoms with Gasteiger partial charge in [-0.3, -0.25) is 9.59 Å². The predicted molar refractivity (Wildman–Crippen MR) is 132 cm³/mol. The maximum Gasteiger partial charge on any atom is 0.162 e. The molecular weight excluding hydrogens is 430 g/mol. The van der Waals surface area contributed by atoms with E-state index >= 15 is 0 Å². The number of rotatable bonds is 3. The molecule has 0 spiro atoms. The van der Waals surface area contributed by atoms with Crippen LogP contribution < -0.4 is 10.1 Å². The van der Waals surface area contributed by atoms with Crippen LogP contribution in [0.15, 0.2) is 58.3 Å². The average molecular weight is 462 g/mol. The van der Waals surface area contributed by atoms with Gasteiger partial charge in [0.25, 0.3) is 0 Å². The van der Waals surface area contributed by atoms with Crippen molar-refractivity contribution in [1.29, 1.82) is 0 Å². The maximum atomic E-state index is 13.4. The Morgan fingerprint density at radius 2 is 1.39 bits per heavy atom. The minimum Gasteiger partial charge on any atom is -0.497 e. The largest absolute Gasteiger partial charge is 0.497 e. The van der Waals surface area contributed by atoms with Crippen molar-refractivity contribution in [3.8, 4) is 16.9 Å². The summed E-state index contributed by atoms with van der Waals surface area (Å²) >= 11 is 1.64. The average Bonchev–Trinajstić information content (AvgIpc) is 3.20. The molecule has 0 atom stereocenters. The van der Waals surface area contributed by atoms with Gasteiger partial charge < -0.3 is 10.1 Å². The van der Waals surface area contributed by atoms with E-state index in [0.717, 1.165) is 57.1 Å². The zero-order valence-corrected chi connectivity index (χ0v) is 20.8. The van der Waals surface area contributed by atoms with E-state index in [0.29, 0.717) is 12.8 Å². The monoisotopic (exact) mass is 461 g/mol. The minimum absolute atomic E-state index is 0.0799. The van der Waals surface area contributed by atoms with Gasteiger partial charge in [0, 0.05) is 40.3 Å². The molecule has 172 valence electrons. The zero-order chi connectivity index (χ0) is 23.5. The Balaban J connectivity index is 1.62. The molecule has 5 rings (SSSR count). The van der Waals surface area contributed by atoms with Crippen molar-refractivity contribution in [1.82, 2.24) is 5.32 Å². The number of benzene rings is 1.